The average Bonchev–Trinajstić information content (AvgIpc) is 3.55. The molecule has 0 radical (unpaired) electrons. The monoisotopic (exact) mass is 590 g/mol. The second-order valence-corrected chi connectivity index (χ2v) is 10.8. The van der Waals surface area contributed by atoms with Gasteiger partial charge in [0.05, 0.1) is 43.2 Å². The number of aromatic nitrogens is 3. The first-order valence-electron chi connectivity index (χ1n) is 12.5. The van der Waals surface area contributed by atoms with E-state index in [4.69, 9.17) is 9.47 Å². The lowest BCUT2D eigenvalue weighted by molar-refractivity contribution is -0.154. The minimum Gasteiger partial charge on any atom is -0.495 e. The number of nitrogens with one attached hydrogen (secondary N) is 1. The highest BCUT2D eigenvalue weighted by molar-refractivity contribution is 9.10. The van der Waals surface area contributed by atoms with E-state index < -0.39 is 35.0 Å². The Hall–Kier alpha value is -3.73. The highest BCUT2D eigenvalue weighted by Gasteiger charge is 2.78. The maximum absolute atomic E-state index is 14.0. The van der Waals surface area contributed by atoms with Gasteiger partial charge in [0.25, 0.3) is 0 Å². The van der Waals surface area contributed by atoms with Crippen molar-refractivity contribution in [1.82, 2.24) is 20.1 Å². The summed E-state index contributed by atoms with van der Waals surface area (Å²) < 4.78 is 14.8. The molecule has 6 rings (SSSR count). The Kier molecular flexibility index (Phi) is 6.21. The van der Waals surface area contributed by atoms with E-state index in [-0.39, 0.29) is 23.6 Å². The number of aliphatic hydroxyl groups excluding tert-OH is 1. The zero-order valence-electron chi connectivity index (χ0n) is 21.3. The molecule has 1 aliphatic heterocycles. The van der Waals surface area contributed by atoms with Crippen molar-refractivity contribution < 1.29 is 24.5 Å². The molecule has 2 aromatic heterocycles. The Morgan fingerprint density at radius 2 is 1.90 bits per heavy atom. The molecule has 0 spiro atoms. The Morgan fingerprint density at radius 3 is 2.56 bits per heavy atom. The second-order valence-electron chi connectivity index (χ2n) is 9.85. The van der Waals surface area contributed by atoms with Gasteiger partial charge in [-0.05, 0) is 29.3 Å². The van der Waals surface area contributed by atoms with Crippen LogP contribution in [0.1, 0.15) is 28.3 Å². The predicted octanol–water partition coefficient (Wildman–Crippen LogP) is 3.15. The SMILES string of the molecule is COc1cncc2c1[C@]1(O)[C@H](O)[C@H](C(=O)NCc3ccnn3C)[C@@H](c3ccccc3)[C@]1(c1ccc(Br)cc1)O2. The molecule has 0 bridgehead atoms. The summed E-state index contributed by atoms with van der Waals surface area (Å²) >= 11 is 3.49. The van der Waals surface area contributed by atoms with Crippen molar-refractivity contribution in [1.29, 1.82) is 0 Å². The van der Waals surface area contributed by atoms with Crippen LogP contribution in [0.4, 0.5) is 0 Å². The highest BCUT2D eigenvalue weighted by Crippen LogP contribution is 2.69. The zero-order valence-corrected chi connectivity index (χ0v) is 22.9. The molecule has 0 saturated heterocycles. The van der Waals surface area contributed by atoms with Gasteiger partial charge in [0, 0.05) is 23.6 Å². The molecule has 1 amide bonds. The number of amides is 1. The third-order valence-corrected chi connectivity index (χ3v) is 8.51. The summed E-state index contributed by atoms with van der Waals surface area (Å²) in [6.07, 6.45) is 3.06. The van der Waals surface area contributed by atoms with Crippen LogP contribution in [0.5, 0.6) is 11.5 Å². The molecule has 0 unspecified atom stereocenters. The third-order valence-electron chi connectivity index (χ3n) is 7.98. The van der Waals surface area contributed by atoms with E-state index in [2.05, 4.69) is 31.3 Å². The van der Waals surface area contributed by atoms with Gasteiger partial charge in [-0.1, -0.05) is 58.4 Å². The predicted molar refractivity (Wildman–Crippen MR) is 145 cm³/mol. The molecule has 4 aromatic rings. The van der Waals surface area contributed by atoms with Crippen LogP contribution < -0.4 is 14.8 Å². The summed E-state index contributed by atoms with van der Waals surface area (Å²) in [5, 5.41) is 32.0. The summed E-state index contributed by atoms with van der Waals surface area (Å²) in [5.74, 6) is -1.75. The van der Waals surface area contributed by atoms with Gasteiger partial charge in [-0.2, -0.15) is 5.10 Å². The number of hydrogen-bond donors (Lipinski definition) is 3. The zero-order chi connectivity index (χ0) is 27.4. The van der Waals surface area contributed by atoms with E-state index in [1.165, 1.54) is 19.5 Å². The lowest BCUT2D eigenvalue weighted by Crippen LogP contribution is -2.52. The molecule has 9 nitrogen and oxygen atoms in total. The number of hydrogen-bond acceptors (Lipinski definition) is 7. The van der Waals surface area contributed by atoms with E-state index >= 15 is 0 Å². The van der Waals surface area contributed by atoms with E-state index in [9.17, 15) is 15.0 Å². The van der Waals surface area contributed by atoms with Gasteiger partial charge in [-0.25, -0.2) is 0 Å². The van der Waals surface area contributed by atoms with E-state index in [0.29, 0.717) is 5.56 Å². The van der Waals surface area contributed by atoms with Crippen molar-refractivity contribution >= 4 is 21.8 Å². The van der Waals surface area contributed by atoms with Gasteiger partial charge in [0.2, 0.25) is 5.91 Å². The first-order chi connectivity index (χ1) is 18.8. The van der Waals surface area contributed by atoms with Gasteiger partial charge >= 0.3 is 0 Å². The Balaban J connectivity index is 1.58. The first-order valence-corrected chi connectivity index (χ1v) is 13.3. The van der Waals surface area contributed by atoms with Crippen molar-refractivity contribution in [2.75, 3.05) is 7.11 Å². The van der Waals surface area contributed by atoms with E-state index in [1.807, 2.05) is 60.7 Å². The first kappa shape index (κ1) is 25.5. The maximum atomic E-state index is 14.0. The van der Waals surface area contributed by atoms with Gasteiger partial charge in [0.15, 0.2) is 11.2 Å². The smallest absolute Gasteiger partial charge is 0.226 e. The van der Waals surface area contributed by atoms with Gasteiger partial charge in [0.1, 0.15) is 17.6 Å². The van der Waals surface area contributed by atoms with E-state index in [1.54, 1.807) is 17.9 Å². The van der Waals surface area contributed by atoms with Gasteiger partial charge in [-0.15, -0.1) is 0 Å². The number of ether oxygens (including phenoxy) is 2. The summed E-state index contributed by atoms with van der Waals surface area (Å²) in [6.45, 7) is 0.203. The van der Waals surface area contributed by atoms with Crippen LogP contribution in [0, 0.1) is 5.92 Å². The number of methoxy groups -OCH3 is 1. The molecule has 39 heavy (non-hydrogen) atoms. The van der Waals surface area contributed by atoms with Crippen LogP contribution in [-0.2, 0) is 29.6 Å². The fraction of sp³-hybridized carbons (Fsp3) is 0.276. The largest absolute Gasteiger partial charge is 0.495 e. The minimum absolute atomic E-state index is 0.203. The second kappa shape index (κ2) is 9.48. The van der Waals surface area contributed by atoms with Gasteiger partial charge in [-0.3, -0.25) is 14.5 Å². The number of rotatable bonds is 6. The van der Waals surface area contributed by atoms with Gasteiger partial charge < -0.3 is 25.0 Å². The molecule has 5 atom stereocenters. The number of fused-ring (bicyclic) bond motifs is 3. The lowest BCUT2D eigenvalue weighted by atomic mass is 9.70. The molecule has 3 N–H and O–H groups in total. The number of benzene rings is 2. The average molecular weight is 591 g/mol. The van der Waals surface area contributed by atoms with E-state index in [0.717, 1.165) is 15.7 Å². The standard InChI is InChI=1S/C29H27BrN4O5/c1-34-20(12-13-33-34)14-32-27(36)23-24(17-6-4-3-5-7-17)29(18-8-10-19(30)11-9-18)28(37,26(23)35)25-21(38-2)15-31-16-22(25)39-29/h3-13,15-16,23-24,26,35,37H,14H2,1-2H3,(H,32,36)/t23-,24-,26-,28+,29+/m1/s1. The number of aliphatic hydroxyl groups is 2. The molecular formula is C29H27BrN4O5. The number of aryl methyl sites for hydroxylation is 1. The molecule has 3 heterocycles. The Bertz CT molecular complexity index is 1530. The van der Waals surface area contributed by atoms with Crippen molar-refractivity contribution in [3.63, 3.8) is 0 Å². The Morgan fingerprint density at radius 1 is 1.15 bits per heavy atom. The summed E-state index contributed by atoms with van der Waals surface area (Å²) in [5.41, 5.74) is -1.25. The number of carbonyl (C=O) groups is 1. The van der Waals surface area contributed by atoms with Crippen molar-refractivity contribution in [2.45, 2.75) is 29.8 Å². The van der Waals surface area contributed by atoms with Crippen LogP contribution in [0.3, 0.4) is 0 Å². The number of nitrogens with zero attached hydrogens (tertiary/aromatic N) is 3. The maximum Gasteiger partial charge on any atom is 0.226 e. The molecule has 10 heteroatoms. The molecule has 1 fully saturated rings. The topological polar surface area (TPSA) is 119 Å². The fourth-order valence-electron chi connectivity index (χ4n) is 6.25. The molecule has 200 valence electrons. The number of carbonyl (C=O) groups excluding carboxylic acids is 1. The highest BCUT2D eigenvalue weighted by atomic mass is 79.9. The number of pyridine rings is 1. The van der Waals surface area contributed by atoms with Crippen LogP contribution in [0.15, 0.2) is 83.7 Å². The third kappa shape index (κ3) is 3.62. The van der Waals surface area contributed by atoms with Crippen LogP contribution in [-0.4, -0.2) is 44.1 Å². The summed E-state index contributed by atoms with van der Waals surface area (Å²) in [7, 11) is 3.26. The van der Waals surface area contributed by atoms with Crippen molar-refractivity contribution in [3.05, 3.63) is 106 Å². The molecule has 2 aliphatic rings. The van der Waals surface area contributed by atoms with Crippen LogP contribution >= 0.6 is 15.9 Å². The van der Waals surface area contributed by atoms with Crippen LogP contribution in [0.25, 0.3) is 0 Å². The molecule has 1 aliphatic carbocycles. The quantitative estimate of drug-likeness (QED) is 0.315. The summed E-state index contributed by atoms with van der Waals surface area (Å²) in [6, 6.07) is 18.5. The molecule has 2 aromatic carbocycles. The summed E-state index contributed by atoms with van der Waals surface area (Å²) in [4.78, 5) is 18.2. The fourth-order valence-corrected chi connectivity index (χ4v) is 6.52. The van der Waals surface area contributed by atoms with Crippen molar-refractivity contribution in [2.24, 2.45) is 13.0 Å². The lowest BCUT2D eigenvalue weighted by Gasteiger charge is -2.40. The Labute approximate surface area is 233 Å². The number of halogens is 1. The minimum atomic E-state index is -2.06. The molecular weight excluding hydrogens is 564 g/mol. The normalized spacial score (nSPS) is 26.9. The molecule has 1 saturated carbocycles. The van der Waals surface area contributed by atoms with Crippen LogP contribution in [0.2, 0.25) is 0 Å². The van der Waals surface area contributed by atoms with Crippen molar-refractivity contribution in [3.8, 4) is 11.5 Å².